The normalized spacial score (nSPS) is 15.3. The number of alkyl halides is 3. The average molecular weight is 497 g/mol. The highest BCUT2D eigenvalue weighted by molar-refractivity contribution is 6.11. The number of nitrogens with zero attached hydrogens (tertiary/aromatic N) is 5. The molecule has 3 aromatic heterocycles. The Balaban J connectivity index is 1.35. The maximum Gasteiger partial charge on any atom is 0.434 e. The largest absolute Gasteiger partial charge is 0.434 e. The zero-order valence-electron chi connectivity index (χ0n) is 19.0. The van der Waals surface area contributed by atoms with Gasteiger partial charge < -0.3 is 10.4 Å². The number of fused-ring (bicyclic) bond motifs is 1. The lowest BCUT2D eigenvalue weighted by Crippen LogP contribution is -2.35. The van der Waals surface area contributed by atoms with Gasteiger partial charge in [0, 0.05) is 43.0 Å². The second-order valence-electron chi connectivity index (χ2n) is 8.66. The summed E-state index contributed by atoms with van der Waals surface area (Å²) in [6, 6.07) is 7.54. The number of hydrogen-bond acceptors (Lipinski definition) is 7. The van der Waals surface area contributed by atoms with Gasteiger partial charge in [-0.15, -0.1) is 0 Å². The molecule has 1 saturated heterocycles. The van der Waals surface area contributed by atoms with Crippen molar-refractivity contribution < 1.29 is 23.1 Å². The van der Waals surface area contributed by atoms with E-state index in [0.29, 0.717) is 17.1 Å². The lowest BCUT2D eigenvalue weighted by Gasteiger charge is -2.29. The fourth-order valence-electron chi connectivity index (χ4n) is 4.15. The van der Waals surface area contributed by atoms with Gasteiger partial charge in [0.1, 0.15) is 0 Å². The summed E-state index contributed by atoms with van der Waals surface area (Å²) in [6.07, 6.45) is 1.62. The Kier molecular flexibility index (Phi) is 6.37. The molecule has 1 fully saturated rings. The number of carbonyl (C=O) groups excluding carboxylic acids is 1. The van der Waals surface area contributed by atoms with Crippen LogP contribution < -0.4 is 5.32 Å². The van der Waals surface area contributed by atoms with Crippen molar-refractivity contribution in [1.29, 1.82) is 0 Å². The predicted octanol–water partition coefficient (Wildman–Crippen LogP) is 3.64. The minimum atomic E-state index is -4.62. The predicted molar refractivity (Wildman–Crippen MR) is 125 cm³/mol. The molecule has 0 spiro atoms. The molecule has 9 nitrogen and oxygen atoms in total. The number of hydrogen-bond donors (Lipinski definition) is 3. The Morgan fingerprint density at radius 1 is 1.08 bits per heavy atom. The summed E-state index contributed by atoms with van der Waals surface area (Å²) in [5, 5.41) is 19.6. The number of aliphatic hydroxyl groups excluding tert-OH is 1. The maximum atomic E-state index is 12.8. The summed E-state index contributed by atoms with van der Waals surface area (Å²) < 4.78 is 38.1. The van der Waals surface area contributed by atoms with Crippen LogP contribution in [-0.4, -0.2) is 60.3 Å². The quantitative estimate of drug-likeness (QED) is 0.385. The maximum absolute atomic E-state index is 12.8. The molecule has 0 radical (unpaired) electrons. The SMILES string of the molecule is O=C(Nc1cnc(C(F)(F)F)cn1)c1n[nH]c2ccc(-c3cncc(CN4CCC(O)CC4)c3)cc12. The first-order valence-electron chi connectivity index (χ1n) is 11.3. The molecule has 0 saturated carbocycles. The van der Waals surface area contributed by atoms with E-state index in [0.717, 1.165) is 55.4 Å². The Morgan fingerprint density at radius 3 is 2.61 bits per heavy atom. The number of halogens is 3. The van der Waals surface area contributed by atoms with Crippen molar-refractivity contribution in [2.45, 2.75) is 31.7 Å². The molecular weight excluding hydrogens is 475 g/mol. The highest BCUT2D eigenvalue weighted by atomic mass is 19.4. The molecule has 0 bridgehead atoms. The summed E-state index contributed by atoms with van der Waals surface area (Å²) in [5.74, 6) is -0.756. The molecule has 3 N–H and O–H groups in total. The average Bonchev–Trinajstić information content (AvgIpc) is 3.29. The number of amides is 1. The van der Waals surface area contributed by atoms with Crippen LogP contribution in [0.3, 0.4) is 0 Å². The number of anilines is 1. The van der Waals surface area contributed by atoms with E-state index < -0.39 is 17.8 Å². The van der Waals surface area contributed by atoms with Gasteiger partial charge in [-0.25, -0.2) is 9.97 Å². The smallest absolute Gasteiger partial charge is 0.393 e. The lowest BCUT2D eigenvalue weighted by atomic mass is 10.0. The number of pyridine rings is 1. The van der Waals surface area contributed by atoms with Gasteiger partial charge in [-0.3, -0.25) is 19.8 Å². The van der Waals surface area contributed by atoms with Crippen LogP contribution >= 0.6 is 0 Å². The third kappa shape index (κ3) is 5.19. The molecule has 0 atom stereocenters. The number of aromatic amines is 1. The van der Waals surface area contributed by atoms with E-state index in [1.165, 1.54) is 0 Å². The van der Waals surface area contributed by atoms with E-state index >= 15 is 0 Å². The first kappa shape index (κ1) is 23.8. The topological polar surface area (TPSA) is 120 Å². The molecule has 4 heterocycles. The van der Waals surface area contributed by atoms with Gasteiger partial charge in [-0.1, -0.05) is 6.07 Å². The van der Waals surface area contributed by atoms with E-state index in [4.69, 9.17) is 0 Å². The fraction of sp³-hybridized carbons (Fsp3) is 0.292. The van der Waals surface area contributed by atoms with Crippen LogP contribution in [0.5, 0.6) is 0 Å². The monoisotopic (exact) mass is 497 g/mol. The summed E-state index contributed by atoms with van der Waals surface area (Å²) in [4.78, 5) is 26.4. The molecule has 1 aliphatic rings. The van der Waals surface area contributed by atoms with E-state index in [2.05, 4.69) is 35.4 Å². The number of rotatable bonds is 5. The number of likely N-dealkylation sites (tertiary alicyclic amines) is 1. The molecule has 0 unspecified atom stereocenters. The molecule has 1 aromatic carbocycles. The van der Waals surface area contributed by atoms with Crippen LogP contribution in [0.4, 0.5) is 19.0 Å². The Morgan fingerprint density at radius 2 is 1.89 bits per heavy atom. The number of carbonyl (C=O) groups is 1. The van der Waals surface area contributed by atoms with Crippen LogP contribution in [0.2, 0.25) is 0 Å². The van der Waals surface area contributed by atoms with Crippen LogP contribution in [0.15, 0.2) is 49.1 Å². The third-order valence-electron chi connectivity index (χ3n) is 6.05. The van der Waals surface area contributed by atoms with Crippen molar-refractivity contribution in [2.75, 3.05) is 18.4 Å². The zero-order chi connectivity index (χ0) is 25.3. The minimum absolute atomic E-state index is 0.0736. The van der Waals surface area contributed by atoms with E-state index in [1.807, 2.05) is 24.4 Å². The molecule has 4 aromatic rings. The summed E-state index contributed by atoms with van der Waals surface area (Å²) in [7, 11) is 0. The summed E-state index contributed by atoms with van der Waals surface area (Å²) in [6.45, 7) is 2.38. The Hall–Kier alpha value is -3.90. The van der Waals surface area contributed by atoms with Gasteiger partial charge in [-0.2, -0.15) is 18.3 Å². The van der Waals surface area contributed by atoms with Crippen molar-refractivity contribution in [1.82, 2.24) is 30.0 Å². The van der Waals surface area contributed by atoms with Crippen molar-refractivity contribution in [3.8, 4) is 11.1 Å². The van der Waals surface area contributed by atoms with Gasteiger partial charge in [0.2, 0.25) is 0 Å². The van der Waals surface area contributed by atoms with E-state index in [-0.39, 0.29) is 17.6 Å². The molecule has 1 aliphatic heterocycles. The van der Waals surface area contributed by atoms with Gasteiger partial charge in [0.05, 0.1) is 24.0 Å². The second kappa shape index (κ2) is 9.63. The summed E-state index contributed by atoms with van der Waals surface area (Å²) in [5.41, 5.74) is 2.28. The van der Waals surface area contributed by atoms with Crippen LogP contribution in [0, 0.1) is 0 Å². The number of aromatic nitrogens is 5. The molecule has 5 rings (SSSR count). The molecule has 0 aliphatic carbocycles. The molecule has 36 heavy (non-hydrogen) atoms. The van der Waals surface area contributed by atoms with Crippen LogP contribution in [0.1, 0.15) is 34.6 Å². The highest BCUT2D eigenvalue weighted by Gasteiger charge is 2.32. The van der Waals surface area contributed by atoms with Crippen molar-refractivity contribution in [2.24, 2.45) is 0 Å². The molecular formula is C24H22F3N7O2. The first-order valence-corrected chi connectivity index (χ1v) is 11.3. The number of piperidine rings is 1. The van der Waals surface area contributed by atoms with Crippen LogP contribution in [-0.2, 0) is 12.7 Å². The third-order valence-corrected chi connectivity index (χ3v) is 6.05. The van der Waals surface area contributed by atoms with Crippen molar-refractivity contribution in [3.05, 3.63) is 66.0 Å². The van der Waals surface area contributed by atoms with Gasteiger partial charge in [0.25, 0.3) is 5.91 Å². The molecule has 1 amide bonds. The lowest BCUT2D eigenvalue weighted by molar-refractivity contribution is -0.141. The fourth-order valence-corrected chi connectivity index (χ4v) is 4.15. The number of H-pyrrole nitrogens is 1. The minimum Gasteiger partial charge on any atom is -0.393 e. The Labute approximate surface area is 203 Å². The van der Waals surface area contributed by atoms with Crippen LogP contribution in [0.25, 0.3) is 22.0 Å². The summed E-state index contributed by atoms with van der Waals surface area (Å²) >= 11 is 0. The van der Waals surface area contributed by atoms with Gasteiger partial charge >= 0.3 is 6.18 Å². The van der Waals surface area contributed by atoms with E-state index in [9.17, 15) is 23.1 Å². The number of aliphatic hydroxyl groups is 1. The number of benzene rings is 1. The van der Waals surface area contributed by atoms with Gasteiger partial charge in [-0.05, 0) is 42.2 Å². The highest BCUT2D eigenvalue weighted by Crippen LogP contribution is 2.28. The van der Waals surface area contributed by atoms with Crippen molar-refractivity contribution in [3.63, 3.8) is 0 Å². The Bertz CT molecular complexity index is 1380. The van der Waals surface area contributed by atoms with Crippen molar-refractivity contribution >= 4 is 22.6 Å². The first-order chi connectivity index (χ1) is 17.3. The molecule has 186 valence electrons. The number of nitrogens with one attached hydrogen (secondary N) is 2. The molecule has 12 heteroatoms. The zero-order valence-corrected chi connectivity index (χ0v) is 19.0. The standard InChI is InChI=1S/C24H22F3N7O2/c25-24(26,27)20-11-30-21(12-29-20)31-23(36)22-18-8-15(1-2-19(18)32-33-22)16-7-14(9-28-10-16)13-34-5-3-17(35)4-6-34/h1-2,7-12,17,35H,3-6,13H2,(H,32,33)(H,30,31,36). The second-order valence-corrected chi connectivity index (χ2v) is 8.66. The van der Waals surface area contributed by atoms with E-state index in [1.54, 1.807) is 12.3 Å². The van der Waals surface area contributed by atoms with Gasteiger partial charge in [0.15, 0.2) is 17.2 Å².